The molecule has 1 N–H and O–H groups in total. The van der Waals surface area contributed by atoms with Crippen LogP contribution in [-0.4, -0.2) is 58.3 Å². The van der Waals surface area contributed by atoms with Crippen LogP contribution in [0, 0.1) is 23.5 Å². The van der Waals surface area contributed by atoms with Crippen LogP contribution in [0.1, 0.15) is 50.0 Å². The summed E-state index contributed by atoms with van der Waals surface area (Å²) in [4.78, 5) is 8.74. The van der Waals surface area contributed by atoms with Gasteiger partial charge in [-0.25, -0.2) is 31.5 Å². The maximum absolute atomic E-state index is 13.9. The molecule has 1 aromatic carbocycles. The molecule has 206 valence electrons. The number of sulfonamides is 1. The van der Waals surface area contributed by atoms with E-state index in [-0.39, 0.29) is 29.9 Å². The molecule has 4 aromatic rings. The van der Waals surface area contributed by atoms with E-state index in [2.05, 4.69) is 20.2 Å². The molecule has 39 heavy (non-hydrogen) atoms. The molecule has 4 heterocycles. The molecule has 0 spiro atoms. The fourth-order valence-corrected chi connectivity index (χ4v) is 8.14. The number of piperidine rings is 1. The summed E-state index contributed by atoms with van der Waals surface area (Å²) in [6, 6.07) is 5.18. The number of halogens is 2. The molecule has 1 saturated heterocycles. The molecule has 6 rings (SSSR count). The van der Waals surface area contributed by atoms with Crippen molar-refractivity contribution in [2.75, 3.05) is 25.4 Å². The second-order valence-electron chi connectivity index (χ2n) is 10.8. The van der Waals surface area contributed by atoms with Crippen LogP contribution in [0.2, 0.25) is 0 Å². The van der Waals surface area contributed by atoms with E-state index >= 15 is 0 Å². The minimum Gasteiger partial charge on any atom is -0.490 e. The normalized spacial score (nSPS) is 22.9. The van der Waals surface area contributed by atoms with Gasteiger partial charge in [-0.05, 0) is 74.1 Å². The summed E-state index contributed by atoms with van der Waals surface area (Å²) in [6.07, 6.45) is 10.4. The maximum Gasteiger partial charge on any atom is 0.214 e. The number of nitrogens with zero attached hydrogens (tertiary/aromatic N) is 4. The number of H-pyrrole nitrogens is 1. The van der Waals surface area contributed by atoms with Crippen LogP contribution >= 0.6 is 0 Å². The van der Waals surface area contributed by atoms with Crippen molar-refractivity contribution in [3.05, 3.63) is 60.1 Å². The number of rotatable bonds is 7. The predicted molar refractivity (Wildman–Crippen MR) is 144 cm³/mol. The van der Waals surface area contributed by atoms with Gasteiger partial charge in [-0.3, -0.25) is 5.10 Å². The van der Waals surface area contributed by atoms with Gasteiger partial charge in [0.15, 0.2) is 17.2 Å². The van der Waals surface area contributed by atoms with Crippen molar-refractivity contribution in [1.29, 1.82) is 0 Å². The molecule has 2 aliphatic rings. The third-order valence-electron chi connectivity index (χ3n) is 8.19. The van der Waals surface area contributed by atoms with Crippen LogP contribution in [0.25, 0.3) is 21.9 Å². The van der Waals surface area contributed by atoms with Crippen molar-refractivity contribution < 1.29 is 21.9 Å². The first-order valence-corrected chi connectivity index (χ1v) is 15.1. The molecule has 0 radical (unpaired) electrons. The SMILES string of the molecule is O=S(=O)(CC1CCC(c2cn[nH]c3cnc4nccc4c23)CC1)N1CCCC(COc2ccc(F)cc2F)C1. The Bertz CT molecular complexity index is 1590. The van der Waals surface area contributed by atoms with Gasteiger partial charge in [0.25, 0.3) is 0 Å². The first kappa shape index (κ1) is 26.1. The number of hydrogen-bond acceptors (Lipinski definition) is 6. The molecule has 3 aromatic heterocycles. The van der Waals surface area contributed by atoms with Gasteiger partial charge in [-0.2, -0.15) is 5.10 Å². The van der Waals surface area contributed by atoms with Gasteiger partial charge in [0.1, 0.15) is 5.82 Å². The number of benzene rings is 1. The highest BCUT2D eigenvalue weighted by atomic mass is 32.2. The lowest BCUT2D eigenvalue weighted by Gasteiger charge is -2.34. The molecule has 11 heteroatoms. The molecule has 0 bridgehead atoms. The molecule has 1 aliphatic carbocycles. The Labute approximate surface area is 225 Å². The summed E-state index contributed by atoms with van der Waals surface area (Å²) in [5, 5.41) is 9.49. The quantitative estimate of drug-likeness (QED) is 0.337. The average molecular weight is 556 g/mol. The summed E-state index contributed by atoms with van der Waals surface area (Å²) in [6.45, 7) is 1.04. The smallest absolute Gasteiger partial charge is 0.214 e. The van der Waals surface area contributed by atoms with Crippen molar-refractivity contribution in [2.24, 2.45) is 11.8 Å². The van der Waals surface area contributed by atoms with E-state index in [0.29, 0.717) is 19.0 Å². The molecular formula is C28H31F2N5O3S. The van der Waals surface area contributed by atoms with Crippen molar-refractivity contribution in [2.45, 2.75) is 44.4 Å². The minimum absolute atomic E-state index is 0.0148. The Hall–Kier alpha value is -3.18. The van der Waals surface area contributed by atoms with E-state index in [1.165, 1.54) is 11.6 Å². The predicted octanol–water partition coefficient (Wildman–Crippen LogP) is 5.18. The second-order valence-corrected chi connectivity index (χ2v) is 12.8. The molecular weight excluding hydrogens is 524 g/mol. The standard InChI is InChI=1S/C28H31F2N5O3S/c29-21-7-8-26(24(30)12-21)38-16-19-2-1-11-35(15-19)39(36,37)17-18-3-5-20(6-4-18)23-13-33-34-25-14-32-28-22(27(23)25)9-10-31-28/h7-10,12-14,18-20,34H,1-6,11,15-17H2. The van der Waals surface area contributed by atoms with Gasteiger partial charge in [-0.15, -0.1) is 0 Å². The zero-order chi connectivity index (χ0) is 27.0. The fraction of sp³-hybridized carbons (Fsp3) is 0.464. The number of pyridine rings is 1. The number of hydrogen-bond donors (Lipinski definition) is 1. The highest BCUT2D eigenvalue weighted by Gasteiger charge is 2.33. The van der Waals surface area contributed by atoms with Gasteiger partial charge in [0.05, 0.1) is 30.3 Å². The molecule has 1 aliphatic heterocycles. The van der Waals surface area contributed by atoms with Crippen molar-refractivity contribution in [3.8, 4) is 5.75 Å². The molecule has 1 unspecified atom stereocenters. The van der Waals surface area contributed by atoms with Crippen LogP contribution in [0.15, 0.2) is 42.9 Å². The van der Waals surface area contributed by atoms with Crippen molar-refractivity contribution in [3.63, 3.8) is 0 Å². The zero-order valence-corrected chi connectivity index (χ0v) is 22.3. The summed E-state index contributed by atoms with van der Waals surface area (Å²) in [5.74, 6) is -0.922. The van der Waals surface area contributed by atoms with E-state index in [9.17, 15) is 17.2 Å². The number of ether oxygens (including phenoxy) is 1. The lowest BCUT2D eigenvalue weighted by atomic mass is 9.79. The lowest BCUT2D eigenvalue weighted by molar-refractivity contribution is 0.175. The van der Waals surface area contributed by atoms with Crippen LogP contribution in [0.3, 0.4) is 0 Å². The molecule has 2 fully saturated rings. The van der Waals surface area contributed by atoms with Gasteiger partial charge in [0.2, 0.25) is 10.0 Å². The topological polar surface area (TPSA) is 101 Å². The second kappa shape index (κ2) is 10.8. The van der Waals surface area contributed by atoms with Gasteiger partial charge in [-0.1, -0.05) is 0 Å². The molecule has 8 nitrogen and oxygen atoms in total. The van der Waals surface area contributed by atoms with Crippen LogP contribution in [0.5, 0.6) is 5.75 Å². The number of nitrogens with one attached hydrogen (secondary N) is 1. The largest absolute Gasteiger partial charge is 0.490 e. The Morgan fingerprint density at radius 3 is 2.69 bits per heavy atom. The van der Waals surface area contributed by atoms with E-state index in [0.717, 1.165) is 72.6 Å². The highest BCUT2D eigenvalue weighted by molar-refractivity contribution is 7.89. The first-order valence-electron chi connectivity index (χ1n) is 13.5. The molecule has 0 amide bonds. The van der Waals surface area contributed by atoms with Crippen molar-refractivity contribution >= 4 is 32.0 Å². The third-order valence-corrected chi connectivity index (χ3v) is 10.2. The Balaban J connectivity index is 1.07. The van der Waals surface area contributed by atoms with Crippen LogP contribution < -0.4 is 4.74 Å². The molecule has 1 saturated carbocycles. The van der Waals surface area contributed by atoms with Gasteiger partial charge >= 0.3 is 0 Å². The summed E-state index contributed by atoms with van der Waals surface area (Å²) in [5.41, 5.74) is 2.77. The fourth-order valence-electron chi connectivity index (χ4n) is 6.16. The monoisotopic (exact) mass is 555 g/mol. The summed E-state index contributed by atoms with van der Waals surface area (Å²) >= 11 is 0. The van der Waals surface area contributed by atoms with Gasteiger partial charge in [0, 0.05) is 42.0 Å². The average Bonchev–Trinajstić information content (AvgIpc) is 3.42. The third kappa shape index (κ3) is 5.47. The Morgan fingerprint density at radius 2 is 1.87 bits per heavy atom. The highest BCUT2D eigenvalue weighted by Crippen LogP contribution is 2.40. The minimum atomic E-state index is -3.43. The Morgan fingerprint density at radius 1 is 1.03 bits per heavy atom. The van der Waals surface area contributed by atoms with Crippen molar-refractivity contribution in [1.82, 2.24) is 24.5 Å². The van der Waals surface area contributed by atoms with E-state index in [1.807, 2.05) is 12.3 Å². The van der Waals surface area contributed by atoms with Crippen LogP contribution in [-0.2, 0) is 10.0 Å². The van der Waals surface area contributed by atoms with E-state index in [4.69, 9.17) is 4.74 Å². The summed E-state index contributed by atoms with van der Waals surface area (Å²) < 4.78 is 60.9. The molecule has 1 atom stereocenters. The van der Waals surface area contributed by atoms with Gasteiger partial charge < -0.3 is 4.74 Å². The number of aromatic nitrogens is 4. The summed E-state index contributed by atoms with van der Waals surface area (Å²) in [7, 11) is -3.43. The first-order chi connectivity index (χ1) is 18.9. The zero-order valence-electron chi connectivity index (χ0n) is 21.5. The van der Waals surface area contributed by atoms with Crippen LogP contribution in [0.4, 0.5) is 8.78 Å². The van der Waals surface area contributed by atoms with E-state index in [1.54, 1.807) is 16.7 Å². The number of fused-ring (bicyclic) bond motifs is 3. The maximum atomic E-state index is 13.9. The Kier molecular flexibility index (Phi) is 7.20. The van der Waals surface area contributed by atoms with E-state index < -0.39 is 21.7 Å². The number of aromatic amines is 1. The lowest BCUT2D eigenvalue weighted by Crippen LogP contribution is -2.43.